The van der Waals surface area contributed by atoms with E-state index in [1.165, 1.54) is 25.9 Å². The Labute approximate surface area is 153 Å². The van der Waals surface area contributed by atoms with Crippen molar-refractivity contribution >= 4 is 22.7 Å². The summed E-state index contributed by atoms with van der Waals surface area (Å²) in [6.07, 6.45) is 5.46. The fraction of sp³-hybridized carbons (Fsp3) is 0.400. The van der Waals surface area contributed by atoms with Crippen LogP contribution in [0.25, 0.3) is 10.9 Å². The molecular formula is C20H25N5O. The summed E-state index contributed by atoms with van der Waals surface area (Å²) in [5.41, 5.74) is 0.937. The summed E-state index contributed by atoms with van der Waals surface area (Å²) >= 11 is 0. The molecule has 6 nitrogen and oxygen atoms in total. The van der Waals surface area contributed by atoms with Crippen molar-refractivity contribution in [3.05, 3.63) is 48.4 Å². The minimum absolute atomic E-state index is 0.600. The zero-order chi connectivity index (χ0) is 17.6. The summed E-state index contributed by atoms with van der Waals surface area (Å²) in [7, 11) is 0. The van der Waals surface area contributed by atoms with Crippen LogP contribution in [0.3, 0.4) is 0 Å². The average molecular weight is 351 g/mol. The molecule has 6 heteroatoms. The first-order chi connectivity index (χ1) is 12.9. The van der Waals surface area contributed by atoms with Gasteiger partial charge in [0, 0.05) is 11.9 Å². The number of nitrogens with zero attached hydrogens (tertiary/aromatic N) is 3. The van der Waals surface area contributed by atoms with Crippen molar-refractivity contribution in [2.45, 2.75) is 25.8 Å². The van der Waals surface area contributed by atoms with E-state index in [9.17, 15) is 0 Å². The van der Waals surface area contributed by atoms with Crippen LogP contribution in [0.2, 0.25) is 0 Å². The molecule has 4 rings (SSSR count). The summed E-state index contributed by atoms with van der Waals surface area (Å²) in [5.74, 6) is 2.38. The van der Waals surface area contributed by atoms with Gasteiger partial charge in [-0.1, -0.05) is 12.1 Å². The number of para-hydroxylation sites is 1. The molecule has 0 amide bonds. The number of anilines is 2. The summed E-state index contributed by atoms with van der Waals surface area (Å²) in [6.45, 7) is 5.11. The topological polar surface area (TPSA) is 66.2 Å². The second-order valence-corrected chi connectivity index (χ2v) is 6.67. The third kappa shape index (κ3) is 4.14. The van der Waals surface area contributed by atoms with E-state index < -0.39 is 0 Å². The lowest BCUT2D eigenvalue weighted by molar-refractivity contribution is 0.337. The molecule has 0 atom stereocenters. The minimum atomic E-state index is 0.600. The largest absolute Gasteiger partial charge is 0.467 e. The van der Waals surface area contributed by atoms with Crippen LogP contribution in [0.15, 0.2) is 47.1 Å². The average Bonchev–Trinajstić information content (AvgIpc) is 3.37. The monoisotopic (exact) mass is 351 g/mol. The van der Waals surface area contributed by atoms with Gasteiger partial charge in [-0.3, -0.25) is 0 Å². The lowest BCUT2D eigenvalue weighted by Gasteiger charge is -2.15. The molecule has 1 aliphatic heterocycles. The maximum absolute atomic E-state index is 5.40. The third-order valence-electron chi connectivity index (χ3n) is 4.75. The highest BCUT2D eigenvalue weighted by Gasteiger charge is 2.11. The van der Waals surface area contributed by atoms with Crippen LogP contribution >= 0.6 is 0 Å². The number of aromatic nitrogens is 2. The van der Waals surface area contributed by atoms with Gasteiger partial charge in [0.15, 0.2) is 0 Å². The van der Waals surface area contributed by atoms with Crippen LogP contribution in [-0.4, -0.2) is 41.0 Å². The maximum Gasteiger partial charge on any atom is 0.225 e. The quantitative estimate of drug-likeness (QED) is 0.603. The van der Waals surface area contributed by atoms with Gasteiger partial charge in [-0.15, -0.1) is 0 Å². The third-order valence-corrected chi connectivity index (χ3v) is 4.75. The van der Waals surface area contributed by atoms with E-state index in [0.717, 1.165) is 42.0 Å². The van der Waals surface area contributed by atoms with Crippen LogP contribution in [0.1, 0.15) is 25.0 Å². The molecule has 1 saturated heterocycles. The van der Waals surface area contributed by atoms with Crippen molar-refractivity contribution in [1.29, 1.82) is 0 Å². The lowest BCUT2D eigenvalue weighted by Crippen LogP contribution is -2.22. The van der Waals surface area contributed by atoms with Crippen LogP contribution in [0.4, 0.5) is 11.8 Å². The fourth-order valence-electron chi connectivity index (χ4n) is 3.38. The molecule has 1 fully saturated rings. The Hall–Kier alpha value is -2.60. The zero-order valence-corrected chi connectivity index (χ0v) is 14.9. The van der Waals surface area contributed by atoms with Gasteiger partial charge in [-0.25, -0.2) is 4.98 Å². The first-order valence-corrected chi connectivity index (χ1v) is 9.38. The Morgan fingerprint density at radius 3 is 2.73 bits per heavy atom. The van der Waals surface area contributed by atoms with Crippen molar-refractivity contribution in [1.82, 2.24) is 14.9 Å². The number of rotatable bonds is 8. The van der Waals surface area contributed by atoms with E-state index in [0.29, 0.717) is 12.5 Å². The normalized spacial score (nSPS) is 14.8. The van der Waals surface area contributed by atoms with Gasteiger partial charge in [0.1, 0.15) is 11.6 Å². The molecule has 0 bridgehead atoms. The van der Waals surface area contributed by atoms with Crippen molar-refractivity contribution in [3.63, 3.8) is 0 Å². The molecule has 136 valence electrons. The number of nitrogens with one attached hydrogen (secondary N) is 2. The van der Waals surface area contributed by atoms with E-state index in [4.69, 9.17) is 4.42 Å². The Balaban J connectivity index is 1.42. The molecule has 2 N–H and O–H groups in total. The predicted molar refractivity (Wildman–Crippen MR) is 104 cm³/mol. The van der Waals surface area contributed by atoms with Gasteiger partial charge >= 0.3 is 0 Å². The van der Waals surface area contributed by atoms with Gasteiger partial charge in [0.05, 0.1) is 18.3 Å². The summed E-state index contributed by atoms with van der Waals surface area (Å²) in [6, 6.07) is 11.9. The maximum atomic E-state index is 5.40. The molecule has 0 aliphatic carbocycles. The molecule has 26 heavy (non-hydrogen) atoms. The fourth-order valence-corrected chi connectivity index (χ4v) is 3.38. The number of hydrogen-bond donors (Lipinski definition) is 2. The number of furan rings is 1. The molecule has 3 aromatic rings. The zero-order valence-electron chi connectivity index (χ0n) is 14.9. The molecule has 0 saturated carbocycles. The first-order valence-electron chi connectivity index (χ1n) is 9.38. The van der Waals surface area contributed by atoms with Gasteiger partial charge in [0.2, 0.25) is 5.95 Å². The molecule has 1 aliphatic rings. The second-order valence-electron chi connectivity index (χ2n) is 6.67. The van der Waals surface area contributed by atoms with Crippen LogP contribution in [0.5, 0.6) is 0 Å². The number of likely N-dealkylation sites (tertiary alicyclic amines) is 1. The summed E-state index contributed by atoms with van der Waals surface area (Å²) < 4.78 is 5.40. The summed E-state index contributed by atoms with van der Waals surface area (Å²) in [4.78, 5) is 11.9. The number of fused-ring (bicyclic) bond motifs is 1. The Morgan fingerprint density at radius 2 is 1.88 bits per heavy atom. The van der Waals surface area contributed by atoms with E-state index in [1.54, 1.807) is 6.26 Å². The van der Waals surface area contributed by atoms with Gasteiger partial charge < -0.3 is 20.0 Å². The molecule has 0 radical (unpaired) electrons. The molecule has 3 heterocycles. The Bertz CT molecular complexity index is 827. The van der Waals surface area contributed by atoms with E-state index in [1.807, 2.05) is 36.4 Å². The van der Waals surface area contributed by atoms with Crippen LogP contribution in [0, 0.1) is 0 Å². The Morgan fingerprint density at radius 1 is 1.00 bits per heavy atom. The highest BCUT2D eigenvalue weighted by atomic mass is 16.3. The summed E-state index contributed by atoms with van der Waals surface area (Å²) in [5, 5.41) is 7.77. The van der Waals surface area contributed by atoms with Crippen molar-refractivity contribution < 1.29 is 4.42 Å². The van der Waals surface area contributed by atoms with Crippen molar-refractivity contribution in [2.24, 2.45) is 0 Å². The highest BCUT2D eigenvalue weighted by Crippen LogP contribution is 2.22. The highest BCUT2D eigenvalue weighted by molar-refractivity contribution is 5.89. The molecular weight excluding hydrogens is 326 g/mol. The molecule has 0 spiro atoms. The minimum Gasteiger partial charge on any atom is -0.467 e. The van der Waals surface area contributed by atoms with E-state index in [-0.39, 0.29) is 0 Å². The van der Waals surface area contributed by atoms with Gasteiger partial charge in [-0.05, 0) is 63.2 Å². The SMILES string of the molecule is c1coc(CNc2nc(NCCCN3CCCC3)nc3ccccc23)c1. The van der Waals surface area contributed by atoms with E-state index in [2.05, 4.69) is 25.5 Å². The van der Waals surface area contributed by atoms with Gasteiger partial charge in [-0.2, -0.15) is 4.98 Å². The molecule has 1 aromatic carbocycles. The second kappa shape index (κ2) is 8.19. The van der Waals surface area contributed by atoms with Crippen molar-refractivity contribution in [3.8, 4) is 0 Å². The first kappa shape index (κ1) is 16.8. The van der Waals surface area contributed by atoms with Crippen LogP contribution in [-0.2, 0) is 6.54 Å². The van der Waals surface area contributed by atoms with E-state index >= 15 is 0 Å². The lowest BCUT2D eigenvalue weighted by atomic mass is 10.2. The number of hydrogen-bond acceptors (Lipinski definition) is 6. The molecule has 0 unspecified atom stereocenters. The Kier molecular flexibility index (Phi) is 5.30. The number of benzene rings is 1. The standard InChI is InChI=1S/C20H25N5O/c1-2-9-18-17(8-1)19(22-15-16-7-5-14-26-16)24-20(23-18)21-10-6-13-25-11-3-4-12-25/h1-2,5,7-9,14H,3-4,6,10-13,15H2,(H2,21,22,23,24). The predicted octanol–water partition coefficient (Wildman–Crippen LogP) is 3.73. The van der Waals surface area contributed by atoms with Crippen LogP contribution < -0.4 is 10.6 Å². The van der Waals surface area contributed by atoms with Crippen molar-refractivity contribution in [2.75, 3.05) is 36.8 Å². The van der Waals surface area contributed by atoms with Gasteiger partial charge in [0.25, 0.3) is 0 Å². The smallest absolute Gasteiger partial charge is 0.225 e. The molecule has 2 aromatic heterocycles.